The summed E-state index contributed by atoms with van der Waals surface area (Å²) < 4.78 is 1.87. The minimum atomic E-state index is 0.123. The van der Waals surface area contributed by atoms with Crippen molar-refractivity contribution in [3.05, 3.63) is 46.2 Å². The maximum absolute atomic E-state index is 12.1. The molecule has 2 nitrogen and oxygen atoms in total. The number of hydrogen-bond acceptors (Lipinski definition) is 1. The van der Waals surface area contributed by atoms with Gasteiger partial charge in [0.15, 0.2) is 0 Å². The minimum absolute atomic E-state index is 0.123. The first-order valence-corrected chi connectivity index (χ1v) is 6.57. The molecule has 0 aliphatic heterocycles. The molecule has 0 aliphatic rings. The van der Waals surface area contributed by atoms with Gasteiger partial charge in [0.05, 0.1) is 5.52 Å². The fourth-order valence-corrected chi connectivity index (χ4v) is 2.33. The summed E-state index contributed by atoms with van der Waals surface area (Å²) in [4.78, 5) is 12.1. The van der Waals surface area contributed by atoms with E-state index in [1.165, 1.54) is 0 Å². The van der Waals surface area contributed by atoms with Crippen molar-refractivity contribution < 1.29 is 0 Å². The molecule has 0 amide bonds. The molecule has 0 spiro atoms. The van der Waals surface area contributed by atoms with Crippen LogP contribution in [0.1, 0.15) is 18.9 Å². The highest BCUT2D eigenvalue weighted by atomic mass is 79.9. The van der Waals surface area contributed by atoms with Crippen molar-refractivity contribution in [3.8, 4) is 0 Å². The van der Waals surface area contributed by atoms with E-state index in [9.17, 15) is 4.79 Å². The van der Waals surface area contributed by atoms with Crippen LogP contribution in [0, 0.1) is 0 Å². The van der Waals surface area contributed by atoms with E-state index in [1.807, 2.05) is 34.9 Å². The molecule has 0 radical (unpaired) electrons. The van der Waals surface area contributed by atoms with Crippen molar-refractivity contribution in [2.75, 3.05) is 0 Å². The van der Waals surface area contributed by atoms with Gasteiger partial charge >= 0.3 is 0 Å². The van der Waals surface area contributed by atoms with Gasteiger partial charge in [-0.1, -0.05) is 41.1 Å². The van der Waals surface area contributed by atoms with Crippen molar-refractivity contribution in [2.24, 2.45) is 0 Å². The number of hydrogen-bond donors (Lipinski definition) is 0. The number of halogens is 1. The van der Waals surface area contributed by atoms with Crippen LogP contribution < -0.4 is 5.56 Å². The lowest BCUT2D eigenvalue weighted by Gasteiger charge is -2.10. The Hall–Kier alpha value is -1.09. The SMILES string of the molecule is CCCn1c(=O)c(CBr)cc2ccccc21. The molecule has 3 heteroatoms. The van der Waals surface area contributed by atoms with Crippen LogP contribution in [0.4, 0.5) is 0 Å². The average Bonchev–Trinajstić information content (AvgIpc) is 2.32. The number of benzene rings is 1. The predicted octanol–water partition coefficient (Wildman–Crippen LogP) is 3.31. The Morgan fingerprint density at radius 2 is 2.06 bits per heavy atom. The van der Waals surface area contributed by atoms with Crippen LogP contribution >= 0.6 is 15.9 Å². The molecule has 0 aliphatic carbocycles. The first-order valence-electron chi connectivity index (χ1n) is 5.45. The van der Waals surface area contributed by atoms with E-state index in [-0.39, 0.29) is 5.56 Å². The Kier molecular flexibility index (Phi) is 3.44. The van der Waals surface area contributed by atoms with Crippen LogP contribution in [0.15, 0.2) is 35.1 Å². The topological polar surface area (TPSA) is 22.0 Å². The highest BCUT2D eigenvalue weighted by Gasteiger charge is 2.06. The molecule has 0 saturated carbocycles. The highest BCUT2D eigenvalue weighted by Crippen LogP contribution is 2.14. The van der Waals surface area contributed by atoms with Crippen LogP contribution in [-0.2, 0) is 11.9 Å². The normalized spacial score (nSPS) is 10.9. The standard InChI is InChI=1S/C13H14BrNO/c1-2-7-15-12-6-4-3-5-10(12)8-11(9-14)13(15)16/h3-6,8H,2,7,9H2,1H3. The van der Waals surface area contributed by atoms with Gasteiger partial charge in [-0.05, 0) is 23.9 Å². The van der Waals surface area contributed by atoms with Gasteiger partial charge in [-0.2, -0.15) is 0 Å². The number of para-hydroxylation sites is 1. The molecule has 84 valence electrons. The van der Waals surface area contributed by atoms with E-state index in [1.54, 1.807) is 0 Å². The summed E-state index contributed by atoms with van der Waals surface area (Å²) >= 11 is 3.37. The number of nitrogens with zero attached hydrogens (tertiary/aromatic N) is 1. The summed E-state index contributed by atoms with van der Waals surface area (Å²) in [5.74, 6) is 0. The predicted molar refractivity (Wildman–Crippen MR) is 71.1 cm³/mol. The Bertz CT molecular complexity index is 559. The van der Waals surface area contributed by atoms with Gasteiger partial charge in [0.25, 0.3) is 5.56 Å². The second-order valence-corrected chi connectivity index (χ2v) is 4.38. The molecule has 1 aromatic heterocycles. The molecule has 0 bridgehead atoms. The second kappa shape index (κ2) is 4.83. The molecule has 0 unspecified atom stereocenters. The van der Waals surface area contributed by atoms with E-state index in [0.717, 1.165) is 29.4 Å². The van der Waals surface area contributed by atoms with Gasteiger partial charge in [0.2, 0.25) is 0 Å². The smallest absolute Gasteiger partial charge is 0.255 e. The lowest BCUT2D eigenvalue weighted by molar-refractivity contribution is 0.674. The molecule has 0 saturated heterocycles. The van der Waals surface area contributed by atoms with Crippen LogP contribution in [0.3, 0.4) is 0 Å². The maximum atomic E-state index is 12.1. The van der Waals surface area contributed by atoms with Gasteiger partial charge in [-0.3, -0.25) is 4.79 Å². The summed E-state index contributed by atoms with van der Waals surface area (Å²) in [5, 5.41) is 1.74. The second-order valence-electron chi connectivity index (χ2n) is 3.82. The summed E-state index contributed by atoms with van der Waals surface area (Å²) in [6.45, 7) is 2.86. The molecule has 2 aromatic rings. The molecule has 1 aromatic carbocycles. The van der Waals surface area contributed by atoms with Gasteiger partial charge in [-0.15, -0.1) is 0 Å². The Morgan fingerprint density at radius 3 is 2.75 bits per heavy atom. The van der Waals surface area contributed by atoms with Gasteiger partial charge in [0, 0.05) is 17.4 Å². The van der Waals surface area contributed by atoms with E-state index < -0.39 is 0 Å². The summed E-state index contributed by atoms with van der Waals surface area (Å²) in [6, 6.07) is 10.00. The van der Waals surface area contributed by atoms with Crippen LogP contribution in [0.25, 0.3) is 10.9 Å². The lowest BCUT2D eigenvalue weighted by Crippen LogP contribution is -2.23. The zero-order valence-electron chi connectivity index (χ0n) is 9.24. The first kappa shape index (κ1) is 11.4. The molecular weight excluding hydrogens is 266 g/mol. The molecular formula is C13H14BrNO. The molecule has 16 heavy (non-hydrogen) atoms. The Labute approximate surface area is 103 Å². The first-order chi connectivity index (χ1) is 7.77. The minimum Gasteiger partial charge on any atom is -0.308 e. The Morgan fingerprint density at radius 1 is 1.31 bits per heavy atom. The molecule has 1 heterocycles. The highest BCUT2D eigenvalue weighted by molar-refractivity contribution is 9.08. The van der Waals surface area contributed by atoms with Crippen molar-refractivity contribution >= 4 is 26.8 Å². The van der Waals surface area contributed by atoms with Crippen molar-refractivity contribution in [1.82, 2.24) is 4.57 Å². The van der Waals surface area contributed by atoms with E-state index >= 15 is 0 Å². The monoisotopic (exact) mass is 279 g/mol. The number of aromatic nitrogens is 1. The number of pyridine rings is 1. The zero-order chi connectivity index (χ0) is 11.5. The number of aryl methyl sites for hydroxylation is 1. The lowest BCUT2D eigenvalue weighted by atomic mass is 10.1. The molecule has 0 fully saturated rings. The third-order valence-corrected chi connectivity index (χ3v) is 3.27. The molecule has 0 N–H and O–H groups in total. The fourth-order valence-electron chi connectivity index (χ4n) is 1.93. The van der Waals surface area contributed by atoms with Crippen molar-refractivity contribution in [2.45, 2.75) is 25.2 Å². The van der Waals surface area contributed by atoms with Gasteiger partial charge in [-0.25, -0.2) is 0 Å². The zero-order valence-corrected chi connectivity index (χ0v) is 10.8. The van der Waals surface area contributed by atoms with Crippen molar-refractivity contribution in [3.63, 3.8) is 0 Å². The number of rotatable bonds is 3. The fraction of sp³-hybridized carbons (Fsp3) is 0.308. The average molecular weight is 280 g/mol. The molecule has 0 atom stereocenters. The van der Waals surface area contributed by atoms with E-state index in [4.69, 9.17) is 0 Å². The van der Waals surface area contributed by atoms with E-state index in [2.05, 4.69) is 22.9 Å². The van der Waals surface area contributed by atoms with Gasteiger partial charge < -0.3 is 4.57 Å². The summed E-state index contributed by atoms with van der Waals surface area (Å²) in [6.07, 6.45) is 0.968. The summed E-state index contributed by atoms with van der Waals surface area (Å²) in [5.41, 5.74) is 1.98. The van der Waals surface area contributed by atoms with Crippen molar-refractivity contribution in [1.29, 1.82) is 0 Å². The van der Waals surface area contributed by atoms with Crippen LogP contribution in [0.5, 0.6) is 0 Å². The Balaban J connectivity index is 2.80. The maximum Gasteiger partial charge on any atom is 0.255 e. The largest absolute Gasteiger partial charge is 0.308 e. The third kappa shape index (κ3) is 1.92. The number of alkyl halides is 1. The number of fused-ring (bicyclic) bond motifs is 1. The molecule has 2 rings (SSSR count). The van der Waals surface area contributed by atoms with Gasteiger partial charge in [0.1, 0.15) is 0 Å². The van der Waals surface area contributed by atoms with Crippen LogP contribution in [0.2, 0.25) is 0 Å². The quantitative estimate of drug-likeness (QED) is 0.791. The summed E-state index contributed by atoms with van der Waals surface area (Å²) in [7, 11) is 0. The van der Waals surface area contributed by atoms with Crippen LogP contribution in [-0.4, -0.2) is 4.57 Å². The third-order valence-electron chi connectivity index (χ3n) is 2.67. The van der Waals surface area contributed by atoms with E-state index in [0.29, 0.717) is 5.33 Å².